The van der Waals surface area contributed by atoms with Gasteiger partial charge in [-0.2, -0.15) is 0 Å². The third-order valence-electron chi connectivity index (χ3n) is 6.29. The Morgan fingerprint density at radius 3 is 2.70 bits per heavy atom. The largest absolute Gasteiger partial charge is 0.340 e. The van der Waals surface area contributed by atoms with E-state index in [0.717, 1.165) is 50.5 Å². The first kappa shape index (κ1) is 22.8. The summed E-state index contributed by atoms with van der Waals surface area (Å²) in [6.07, 6.45) is 9.29. The first-order valence-electron chi connectivity index (χ1n) is 12.2. The van der Waals surface area contributed by atoms with Crippen LogP contribution in [0.15, 0.2) is 73.4 Å². The van der Waals surface area contributed by atoms with Gasteiger partial charge in [0.2, 0.25) is 5.91 Å². The van der Waals surface area contributed by atoms with Gasteiger partial charge in [0.05, 0.1) is 22.9 Å². The highest BCUT2D eigenvalue weighted by Crippen LogP contribution is 2.36. The fraction of sp³-hybridized carbons (Fsp3) is 0.179. The molecule has 1 aliphatic rings. The number of hydrazine groups is 1. The number of amides is 1. The molecule has 0 spiro atoms. The summed E-state index contributed by atoms with van der Waals surface area (Å²) in [6.45, 7) is 4.04. The van der Waals surface area contributed by atoms with Crippen LogP contribution >= 0.6 is 0 Å². The zero-order chi connectivity index (χ0) is 25.4. The summed E-state index contributed by atoms with van der Waals surface area (Å²) in [5, 5.41) is 2.94. The molecule has 5 heterocycles. The van der Waals surface area contributed by atoms with Gasteiger partial charge in [0.15, 0.2) is 0 Å². The number of H-pyrrole nitrogens is 1. The highest BCUT2D eigenvalue weighted by Gasteiger charge is 2.28. The van der Waals surface area contributed by atoms with Gasteiger partial charge >= 0.3 is 0 Å². The van der Waals surface area contributed by atoms with Crippen molar-refractivity contribution in [3.63, 3.8) is 0 Å². The van der Waals surface area contributed by atoms with E-state index in [1.165, 1.54) is 0 Å². The highest BCUT2D eigenvalue weighted by atomic mass is 16.1. The maximum atomic E-state index is 12.2. The van der Waals surface area contributed by atoms with Gasteiger partial charge in [-0.05, 0) is 30.2 Å². The van der Waals surface area contributed by atoms with Crippen molar-refractivity contribution in [2.45, 2.75) is 26.3 Å². The number of para-hydroxylation sites is 1. The van der Waals surface area contributed by atoms with Crippen LogP contribution in [-0.2, 0) is 4.79 Å². The Morgan fingerprint density at radius 1 is 1.00 bits per heavy atom. The molecule has 0 aliphatic carbocycles. The fourth-order valence-electron chi connectivity index (χ4n) is 4.59. The Balaban J connectivity index is 1.32. The number of aromatic amines is 1. The minimum atomic E-state index is -0.224. The van der Waals surface area contributed by atoms with E-state index in [2.05, 4.69) is 48.2 Å². The van der Waals surface area contributed by atoms with Crippen LogP contribution in [0.1, 0.15) is 37.7 Å². The van der Waals surface area contributed by atoms with Crippen LogP contribution in [-0.4, -0.2) is 30.8 Å². The van der Waals surface area contributed by atoms with Crippen molar-refractivity contribution in [1.29, 1.82) is 0 Å². The number of rotatable bonds is 6. The molecule has 0 saturated carbocycles. The van der Waals surface area contributed by atoms with Crippen LogP contribution in [0.25, 0.3) is 33.3 Å². The van der Waals surface area contributed by atoms with Crippen molar-refractivity contribution in [2.24, 2.45) is 5.92 Å². The molecule has 5 aromatic rings. The van der Waals surface area contributed by atoms with E-state index < -0.39 is 0 Å². The van der Waals surface area contributed by atoms with Crippen LogP contribution in [0.5, 0.6) is 0 Å². The van der Waals surface area contributed by atoms with Crippen LogP contribution in [0, 0.1) is 5.92 Å². The number of nitrogens with zero attached hydrogens (tertiary/aromatic N) is 4. The van der Waals surface area contributed by atoms with Crippen LogP contribution in [0.4, 0.5) is 11.5 Å². The number of anilines is 2. The van der Waals surface area contributed by atoms with Gasteiger partial charge in [-0.25, -0.2) is 15.4 Å². The molecule has 4 aromatic heterocycles. The van der Waals surface area contributed by atoms with E-state index in [1.807, 2.05) is 50.4 Å². The van der Waals surface area contributed by atoms with E-state index >= 15 is 0 Å². The van der Waals surface area contributed by atoms with Crippen molar-refractivity contribution >= 4 is 28.4 Å². The quantitative estimate of drug-likeness (QED) is 0.262. The average molecular weight is 491 g/mol. The summed E-state index contributed by atoms with van der Waals surface area (Å²) in [4.78, 5) is 33.9. The normalized spacial score (nSPS) is 14.5. The number of nitrogens with one attached hydrogen (secondary N) is 4. The molecule has 0 saturated heterocycles. The lowest BCUT2D eigenvalue weighted by molar-refractivity contribution is -0.116. The molecule has 184 valence electrons. The molecule has 1 unspecified atom stereocenters. The van der Waals surface area contributed by atoms with E-state index in [4.69, 9.17) is 4.98 Å². The van der Waals surface area contributed by atoms with Gasteiger partial charge in [0.25, 0.3) is 0 Å². The molecule has 37 heavy (non-hydrogen) atoms. The molecule has 0 fully saturated rings. The monoisotopic (exact) mass is 490 g/mol. The van der Waals surface area contributed by atoms with E-state index in [1.54, 1.807) is 24.8 Å². The maximum Gasteiger partial charge on any atom is 0.224 e. The average Bonchev–Trinajstić information content (AvgIpc) is 3.52. The Labute approximate surface area is 213 Å². The predicted octanol–water partition coefficient (Wildman–Crippen LogP) is 5.09. The van der Waals surface area contributed by atoms with Crippen LogP contribution in [0.3, 0.4) is 0 Å². The van der Waals surface area contributed by atoms with Crippen molar-refractivity contribution in [1.82, 2.24) is 30.3 Å². The van der Waals surface area contributed by atoms with Gasteiger partial charge in [-0.15, -0.1) is 0 Å². The third-order valence-corrected chi connectivity index (χ3v) is 6.29. The molecule has 9 nitrogen and oxygen atoms in total. The van der Waals surface area contributed by atoms with Crippen molar-refractivity contribution in [2.75, 3.05) is 10.7 Å². The Hall–Kier alpha value is -4.63. The number of fused-ring (bicyclic) bond motifs is 2. The smallest absolute Gasteiger partial charge is 0.224 e. The fourth-order valence-corrected chi connectivity index (χ4v) is 4.59. The number of pyridine rings is 3. The zero-order valence-electron chi connectivity index (χ0n) is 20.5. The van der Waals surface area contributed by atoms with Gasteiger partial charge in [0, 0.05) is 59.0 Å². The van der Waals surface area contributed by atoms with Gasteiger partial charge in [0.1, 0.15) is 17.7 Å². The minimum absolute atomic E-state index is 0.0231. The lowest BCUT2D eigenvalue weighted by Crippen LogP contribution is -2.20. The number of hydrogen-bond acceptors (Lipinski definition) is 7. The Bertz CT molecular complexity index is 1590. The summed E-state index contributed by atoms with van der Waals surface area (Å²) >= 11 is 0. The lowest BCUT2D eigenvalue weighted by Gasteiger charge is -2.10. The highest BCUT2D eigenvalue weighted by molar-refractivity contribution is 5.92. The molecule has 1 amide bonds. The van der Waals surface area contributed by atoms with Gasteiger partial charge in [-0.1, -0.05) is 32.0 Å². The molecule has 1 aromatic carbocycles. The van der Waals surface area contributed by atoms with Crippen molar-refractivity contribution in [3.8, 4) is 22.3 Å². The molecule has 1 aliphatic heterocycles. The Kier molecular flexibility index (Phi) is 5.82. The number of benzene rings is 1. The molecular formula is C28H26N8O. The topological polar surface area (TPSA) is 121 Å². The zero-order valence-corrected chi connectivity index (χ0v) is 20.5. The van der Waals surface area contributed by atoms with Crippen molar-refractivity contribution in [3.05, 3.63) is 84.8 Å². The molecule has 6 rings (SSSR count). The summed E-state index contributed by atoms with van der Waals surface area (Å²) in [6, 6.07) is 13.8. The molecule has 0 radical (unpaired) electrons. The van der Waals surface area contributed by atoms with E-state index in [-0.39, 0.29) is 17.9 Å². The lowest BCUT2D eigenvalue weighted by atomic mass is 10.0. The first-order chi connectivity index (χ1) is 18.0. The van der Waals surface area contributed by atoms with Gasteiger partial charge < -0.3 is 15.7 Å². The van der Waals surface area contributed by atoms with Crippen LogP contribution in [0.2, 0.25) is 0 Å². The summed E-state index contributed by atoms with van der Waals surface area (Å²) < 4.78 is 0. The van der Waals surface area contributed by atoms with Crippen molar-refractivity contribution < 1.29 is 4.79 Å². The SMILES string of the molecule is CC(C)CC(=O)Nc1cncc(-c2cnc3c(c2)C(c2nc4c(-c5cccnc5)cccc4[nH]2)NN3)c1. The number of imidazole rings is 1. The molecule has 4 N–H and O–H groups in total. The number of hydrogen-bond donors (Lipinski definition) is 4. The standard InChI is InChI=1S/C28H26N8O/c1-16(2)9-24(37)32-20-10-18(13-30-15-20)19-11-22-26(35-36-27(22)31-14-19)28-33-23-7-3-6-21(25(23)34-28)17-5-4-8-29-12-17/h3-8,10-16,26,35H,9H2,1-2H3,(H,31,36)(H,32,37)(H,33,34). The molecule has 1 atom stereocenters. The van der Waals surface area contributed by atoms with Crippen LogP contribution < -0.4 is 16.2 Å². The third kappa shape index (κ3) is 4.52. The summed E-state index contributed by atoms with van der Waals surface area (Å²) in [5.74, 6) is 1.79. The second-order valence-electron chi connectivity index (χ2n) is 9.54. The Morgan fingerprint density at radius 2 is 1.86 bits per heavy atom. The van der Waals surface area contributed by atoms with E-state index in [0.29, 0.717) is 12.1 Å². The number of carbonyl (C=O) groups is 1. The van der Waals surface area contributed by atoms with E-state index in [9.17, 15) is 4.79 Å². The second kappa shape index (κ2) is 9.44. The predicted molar refractivity (Wildman–Crippen MR) is 143 cm³/mol. The molecule has 0 bridgehead atoms. The first-order valence-corrected chi connectivity index (χ1v) is 12.2. The maximum absolute atomic E-state index is 12.2. The summed E-state index contributed by atoms with van der Waals surface area (Å²) in [7, 11) is 0. The number of aromatic nitrogens is 5. The number of carbonyl (C=O) groups excluding carboxylic acids is 1. The second-order valence-corrected chi connectivity index (χ2v) is 9.54. The molecular weight excluding hydrogens is 464 g/mol. The summed E-state index contributed by atoms with van der Waals surface area (Å²) in [5.41, 5.74) is 13.7. The molecule has 9 heteroatoms. The minimum Gasteiger partial charge on any atom is -0.340 e. The van der Waals surface area contributed by atoms with Gasteiger partial charge in [-0.3, -0.25) is 14.8 Å².